The van der Waals surface area contributed by atoms with Gasteiger partial charge in [0.25, 0.3) is 0 Å². The van der Waals surface area contributed by atoms with Crippen LogP contribution in [0.25, 0.3) is 33.4 Å². The van der Waals surface area contributed by atoms with Gasteiger partial charge in [0, 0.05) is 66.1 Å². The van der Waals surface area contributed by atoms with Gasteiger partial charge in [0.15, 0.2) is 0 Å². The number of hydrogen-bond donors (Lipinski definition) is 3. The Labute approximate surface area is 256 Å². The number of carbonyl (C=O) groups is 1. The molecule has 0 fully saturated rings. The fourth-order valence-corrected chi connectivity index (χ4v) is 7.09. The second-order valence-corrected chi connectivity index (χ2v) is 13.0. The highest BCUT2D eigenvalue weighted by Gasteiger charge is 2.27. The molecule has 2 aromatic rings. The number of sulfonamides is 1. The zero-order chi connectivity index (χ0) is 32.2. The molecule has 0 radical (unpaired) electrons. The van der Waals surface area contributed by atoms with E-state index in [2.05, 4.69) is 19.5 Å². The molecule has 0 bridgehead atoms. The first kappa shape index (κ1) is 32.9. The molecule has 0 unspecified atom stereocenters. The van der Waals surface area contributed by atoms with Crippen molar-refractivity contribution < 1.29 is 35.7 Å². The largest absolute Gasteiger partial charge is 0.744 e. The number of carboxylic acid groups (broad SMARTS) is 1. The number of anilines is 1. The van der Waals surface area contributed by atoms with Gasteiger partial charge in [-0.15, -0.1) is 0 Å². The van der Waals surface area contributed by atoms with Crippen LogP contribution in [0, 0.1) is 0 Å². The van der Waals surface area contributed by atoms with Crippen LogP contribution in [0.3, 0.4) is 0 Å². The van der Waals surface area contributed by atoms with Crippen molar-refractivity contribution in [1.29, 1.82) is 0 Å². The third kappa shape index (κ3) is 6.88. The van der Waals surface area contributed by atoms with Crippen molar-refractivity contribution in [3.05, 3.63) is 60.0 Å². The first-order valence-electron chi connectivity index (χ1n) is 14.2. The second-order valence-electron chi connectivity index (χ2n) is 9.92. The number of nitrogens with zero attached hydrogens (tertiary/aromatic N) is 2. The SMILES string of the molecule is CCN(CC)c1ccc2c(-c3ccc(S(=O)(=O)[O-])cc3S(=O)(=O)NCCNC(=O)O)c3ccc(=[N+](CC)CC)cc-3oc2c1. The van der Waals surface area contributed by atoms with Crippen molar-refractivity contribution in [2.75, 3.05) is 44.2 Å². The van der Waals surface area contributed by atoms with Crippen LogP contribution >= 0.6 is 0 Å². The summed E-state index contributed by atoms with van der Waals surface area (Å²) in [5, 5.41) is 12.4. The van der Waals surface area contributed by atoms with Crippen molar-refractivity contribution in [2.45, 2.75) is 37.5 Å². The molecular weight excluding hydrogens is 608 g/mol. The molecule has 1 aliphatic carbocycles. The number of nitrogens with one attached hydrogen (secondary N) is 2. The smallest absolute Gasteiger partial charge is 0.404 e. The summed E-state index contributed by atoms with van der Waals surface area (Å²) in [7, 11) is -9.46. The average molecular weight is 645 g/mol. The minimum absolute atomic E-state index is 0.146. The molecule has 1 aliphatic heterocycles. The van der Waals surface area contributed by atoms with Crippen LogP contribution in [0.1, 0.15) is 27.7 Å². The second kappa shape index (κ2) is 13.3. The molecule has 0 saturated carbocycles. The topological polar surface area (TPSA) is 172 Å². The van der Waals surface area contributed by atoms with Gasteiger partial charge in [0.2, 0.25) is 15.4 Å². The van der Waals surface area contributed by atoms with E-state index in [1.165, 1.54) is 6.07 Å². The molecule has 2 aromatic carbocycles. The number of fused-ring (bicyclic) bond motifs is 2. The maximum atomic E-state index is 13.6. The van der Waals surface area contributed by atoms with Crippen LogP contribution in [0.2, 0.25) is 0 Å². The summed E-state index contributed by atoms with van der Waals surface area (Å²) in [5.41, 5.74) is 2.58. The van der Waals surface area contributed by atoms with E-state index in [-0.39, 0.29) is 18.7 Å². The van der Waals surface area contributed by atoms with Crippen molar-refractivity contribution in [2.24, 2.45) is 0 Å². The Morgan fingerprint density at radius 3 is 2.20 bits per heavy atom. The molecule has 2 aliphatic rings. The predicted molar refractivity (Wildman–Crippen MR) is 167 cm³/mol. The Morgan fingerprint density at radius 2 is 1.59 bits per heavy atom. The number of rotatable bonds is 12. The zero-order valence-corrected chi connectivity index (χ0v) is 26.6. The van der Waals surface area contributed by atoms with E-state index in [9.17, 15) is 26.2 Å². The Balaban J connectivity index is 2.09. The van der Waals surface area contributed by atoms with Gasteiger partial charge >= 0.3 is 6.09 Å². The number of amides is 1. The molecule has 12 nitrogen and oxygen atoms in total. The van der Waals surface area contributed by atoms with E-state index in [4.69, 9.17) is 9.52 Å². The predicted octanol–water partition coefficient (Wildman–Crippen LogP) is 3.31. The summed E-state index contributed by atoms with van der Waals surface area (Å²) in [6.45, 7) is 10.6. The van der Waals surface area contributed by atoms with Crippen molar-refractivity contribution in [1.82, 2.24) is 14.6 Å². The van der Waals surface area contributed by atoms with E-state index >= 15 is 0 Å². The van der Waals surface area contributed by atoms with Gasteiger partial charge in [0.1, 0.15) is 34.6 Å². The van der Waals surface area contributed by atoms with Crippen molar-refractivity contribution >= 4 is 42.9 Å². The first-order valence-corrected chi connectivity index (χ1v) is 17.1. The molecule has 0 spiro atoms. The Kier molecular flexibility index (Phi) is 9.98. The lowest BCUT2D eigenvalue weighted by atomic mass is 9.93. The van der Waals surface area contributed by atoms with E-state index < -0.39 is 36.0 Å². The van der Waals surface area contributed by atoms with E-state index in [0.717, 1.165) is 49.4 Å². The number of benzene rings is 3. The third-order valence-electron chi connectivity index (χ3n) is 7.44. The van der Waals surface area contributed by atoms with Gasteiger partial charge in [0.05, 0.1) is 15.9 Å². The molecule has 3 N–H and O–H groups in total. The van der Waals surface area contributed by atoms with E-state index in [1.54, 1.807) is 0 Å². The lowest BCUT2D eigenvalue weighted by Crippen LogP contribution is -2.34. The third-order valence-corrected chi connectivity index (χ3v) is 9.77. The lowest BCUT2D eigenvalue weighted by Gasteiger charge is -2.23. The summed E-state index contributed by atoms with van der Waals surface area (Å²) in [6.07, 6.45) is -1.33. The minimum atomic E-state index is -5.01. The van der Waals surface area contributed by atoms with E-state index in [1.807, 2.05) is 64.1 Å². The van der Waals surface area contributed by atoms with Crippen LogP contribution in [0.4, 0.5) is 10.5 Å². The minimum Gasteiger partial charge on any atom is -0.744 e. The van der Waals surface area contributed by atoms with Crippen LogP contribution in [0.15, 0.2) is 68.8 Å². The van der Waals surface area contributed by atoms with E-state index in [0.29, 0.717) is 27.9 Å². The van der Waals surface area contributed by atoms with Crippen LogP contribution in [-0.4, -0.2) is 71.9 Å². The molecule has 1 amide bonds. The van der Waals surface area contributed by atoms with Gasteiger partial charge in [-0.05, 0) is 58.0 Å². The fraction of sp³-hybridized carbons (Fsp3) is 0.333. The number of hydrogen-bond acceptors (Lipinski definition) is 8. The summed E-state index contributed by atoms with van der Waals surface area (Å²) in [6, 6.07) is 14.5. The maximum Gasteiger partial charge on any atom is 0.404 e. The highest BCUT2D eigenvalue weighted by molar-refractivity contribution is 7.89. The quantitative estimate of drug-likeness (QED) is 0.0905. The Bertz CT molecular complexity index is 1940. The Hall–Kier alpha value is -3.98. The average Bonchev–Trinajstić information content (AvgIpc) is 2.98. The first-order chi connectivity index (χ1) is 20.8. The molecule has 44 heavy (non-hydrogen) atoms. The molecule has 0 aromatic heterocycles. The van der Waals surface area contributed by atoms with Gasteiger partial charge in [-0.3, -0.25) is 0 Å². The van der Waals surface area contributed by atoms with Crippen LogP contribution < -0.4 is 24.9 Å². The standard InChI is InChI=1S/C30H36N4O8S2/c1-5-33(6-2)20-9-12-23-26(17-20)42-27-18-21(34(7-3)8-4)10-13-24(27)29(23)25-14-11-22(44(39,40)41)19-28(25)43(37,38)32-16-15-31-30(35)36/h9-14,17-19,31-32H,5-8,15-16H2,1-4H3,(H-,35,36,39,40,41). The zero-order valence-electron chi connectivity index (χ0n) is 25.0. The van der Waals surface area contributed by atoms with Gasteiger partial charge < -0.3 is 24.3 Å². The summed E-state index contributed by atoms with van der Waals surface area (Å²) >= 11 is 0. The summed E-state index contributed by atoms with van der Waals surface area (Å²) in [5.74, 6) is 0.482. The van der Waals surface area contributed by atoms with Crippen molar-refractivity contribution in [3.8, 4) is 22.5 Å². The highest BCUT2D eigenvalue weighted by atomic mass is 32.2. The maximum absolute atomic E-state index is 13.6. The summed E-state index contributed by atoms with van der Waals surface area (Å²) in [4.78, 5) is 11.8. The summed E-state index contributed by atoms with van der Waals surface area (Å²) < 4.78 is 74.1. The Morgan fingerprint density at radius 1 is 0.909 bits per heavy atom. The molecule has 0 saturated heterocycles. The molecule has 4 rings (SSSR count). The van der Waals surface area contributed by atoms with Gasteiger partial charge in [-0.2, -0.15) is 0 Å². The fourth-order valence-electron chi connectivity index (χ4n) is 5.25. The molecule has 0 atom stereocenters. The molecule has 14 heteroatoms. The van der Waals surface area contributed by atoms with Crippen molar-refractivity contribution in [3.63, 3.8) is 0 Å². The molecular formula is C30H36N4O8S2. The molecule has 1 heterocycles. The van der Waals surface area contributed by atoms with Crippen LogP contribution in [-0.2, 0) is 20.1 Å². The normalized spacial score (nSPS) is 12.0. The monoisotopic (exact) mass is 644 g/mol. The highest BCUT2D eigenvalue weighted by Crippen LogP contribution is 2.43. The van der Waals surface area contributed by atoms with Gasteiger partial charge in [-0.25, -0.2) is 30.9 Å². The molecule has 236 valence electrons. The van der Waals surface area contributed by atoms with Gasteiger partial charge in [-0.1, -0.05) is 6.07 Å². The lowest BCUT2D eigenvalue weighted by molar-refractivity contribution is 0.194. The van der Waals surface area contributed by atoms with Crippen LogP contribution in [0.5, 0.6) is 0 Å².